The number of unbranched alkanes of at least 4 members (excludes halogenated alkanes) is 20. The minimum absolute atomic E-state index is 0.1000. The summed E-state index contributed by atoms with van der Waals surface area (Å²) in [6.45, 7) is 6.37. The lowest BCUT2D eigenvalue weighted by Crippen LogP contribution is -2.30. The van der Waals surface area contributed by atoms with E-state index in [-0.39, 0.29) is 37.5 Å². The zero-order valence-electron chi connectivity index (χ0n) is 41.3. The van der Waals surface area contributed by atoms with Gasteiger partial charge in [-0.25, -0.2) is 0 Å². The van der Waals surface area contributed by atoms with E-state index in [0.717, 1.165) is 116 Å². The molecule has 64 heavy (non-hydrogen) atoms. The molecule has 0 saturated heterocycles. The summed E-state index contributed by atoms with van der Waals surface area (Å²) in [4.78, 5) is 38.0. The first kappa shape index (κ1) is 60.1. The Balaban J connectivity index is 4.51. The van der Waals surface area contributed by atoms with Gasteiger partial charge in [0.1, 0.15) is 13.2 Å². The largest absolute Gasteiger partial charge is 0.462 e. The Kier molecular flexibility index (Phi) is 48.5. The molecule has 0 heterocycles. The maximum Gasteiger partial charge on any atom is 0.306 e. The van der Waals surface area contributed by atoms with Gasteiger partial charge in [-0.2, -0.15) is 0 Å². The van der Waals surface area contributed by atoms with Gasteiger partial charge in [0.25, 0.3) is 0 Å². The summed E-state index contributed by atoms with van der Waals surface area (Å²) in [6.07, 6.45) is 69.2. The number of carbonyl (C=O) groups excluding carboxylic acids is 3. The van der Waals surface area contributed by atoms with Gasteiger partial charge in [0, 0.05) is 19.3 Å². The number of ether oxygens (including phenoxy) is 3. The first-order valence-corrected chi connectivity index (χ1v) is 26.0. The van der Waals surface area contributed by atoms with E-state index in [0.29, 0.717) is 12.8 Å². The van der Waals surface area contributed by atoms with Crippen LogP contribution in [0.3, 0.4) is 0 Å². The number of rotatable bonds is 45. The van der Waals surface area contributed by atoms with Crippen LogP contribution in [0.4, 0.5) is 0 Å². The van der Waals surface area contributed by atoms with Crippen molar-refractivity contribution in [3.8, 4) is 0 Å². The highest BCUT2D eigenvalue weighted by atomic mass is 16.6. The topological polar surface area (TPSA) is 78.9 Å². The molecule has 0 aliphatic rings. The smallest absolute Gasteiger partial charge is 0.306 e. The predicted octanol–water partition coefficient (Wildman–Crippen LogP) is 17.1. The third kappa shape index (κ3) is 49.1. The SMILES string of the molecule is CC/C=C\C/C=C\C/C=C\C/C=C\CCCCCC(=O)OC(COC(=O)CCCCCCC\C=C/C=C\C=C/C=C\C=C/CCC)COC(=O)CCCCCCCCCCCCCC. The Hall–Kier alpha value is -3.93. The van der Waals surface area contributed by atoms with Crippen molar-refractivity contribution in [3.63, 3.8) is 0 Å². The van der Waals surface area contributed by atoms with E-state index in [4.69, 9.17) is 14.2 Å². The van der Waals surface area contributed by atoms with Crippen LogP contribution in [0, 0.1) is 0 Å². The molecule has 0 aliphatic carbocycles. The summed E-state index contributed by atoms with van der Waals surface area (Å²) < 4.78 is 16.8. The summed E-state index contributed by atoms with van der Waals surface area (Å²) in [5, 5.41) is 0. The Labute approximate surface area is 393 Å². The van der Waals surface area contributed by atoms with E-state index in [1.54, 1.807) is 0 Å². The summed E-state index contributed by atoms with van der Waals surface area (Å²) in [7, 11) is 0. The van der Waals surface area contributed by atoms with Crippen LogP contribution in [0.15, 0.2) is 109 Å². The minimum Gasteiger partial charge on any atom is -0.462 e. The number of hydrogen-bond donors (Lipinski definition) is 0. The average Bonchev–Trinajstić information content (AvgIpc) is 3.29. The number of hydrogen-bond acceptors (Lipinski definition) is 6. The van der Waals surface area contributed by atoms with Gasteiger partial charge in [0.2, 0.25) is 0 Å². The fourth-order valence-electron chi connectivity index (χ4n) is 6.76. The van der Waals surface area contributed by atoms with Crippen molar-refractivity contribution in [2.45, 2.75) is 226 Å². The highest BCUT2D eigenvalue weighted by molar-refractivity contribution is 5.71. The van der Waals surface area contributed by atoms with Crippen LogP contribution in [0.2, 0.25) is 0 Å². The second kappa shape index (κ2) is 51.7. The van der Waals surface area contributed by atoms with Crippen LogP contribution in [0.25, 0.3) is 0 Å². The van der Waals surface area contributed by atoms with Crippen LogP contribution in [0.1, 0.15) is 220 Å². The minimum atomic E-state index is -0.805. The van der Waals surface area contributed by atoms with E-state index in [2.05, 4.69) is 106 Å². The zero-order chi connectivity index (χ0) is 46.5. The molecule has 0 aromatic heterocycles. The standard InChI is InChI=1S/C58H94O6/c1-4-7-10-13-16-19-22-25-27-29-30-32-33-36-39-42-45-48-51-57(60)63-54-55(53-62-56(59)50-47-44-41-38-35-24-21-18-15-12-9-6-3)64-58(61)52-49-46-43-40-37-34-31-28-26-23-20-17-14-11-8-5-2/h8,10-11,13,16-17,19-20,22,25-30,32,34,37,55H,4-7,9,12,14-15,18,21,23-24,31,33,35-36,38-54H2,1-3H3/b11-8-,13-10-,19-16-,20-17-,25-22-,28-26-,29-27-,32-30-,37-34-. The van der Waals surface area contributed by atoms with Gasteiger partial charge in [0.15, 0.2) is 6.10 Å². The molecule has 0 aliphatic heterocycles. The van der Waals surface area contributed by atoms with Crippen molar-refractivity contribution in [2.24, 2.45) is 0 Å². The monoisotopic (exact) mass is 887 g/mol. The highest BCUT2D eigenvalue weighted by Crippen LogP contribution is 2.14. The van der Waals surface area contributed by atoms with Gasteiger partial charge in [-0.1, -0.05) is 233 Å². The molecule has 0 fully saturated rings. The third-order valence-corrected chi connectivity index (χ3v) is 10.6. The zero-order valence-corrected chi connectivity index (χ0v) is 41.3. The second-order valence-corrected chi connectivity index (χ2v) is 16.8. The van der Waals surface area contributed by atoms with E-state index >= 15 is 0 Å². The molecular formula is C58H94O6. The fourth-order valence-corrected chi connectivity index (χ4v) is 6.76. The molecule has 0 aromatic rings. The highest BCUT2D eigenvalue weighted by Gasteiger charge is 2.19. The Morgan fingerprint density at radius 1 is 0.344 bits per heavy atom. The molecule has 0 spiro atoms. The van der Waals surface area contributed by atoms with Crippen LogP contribution < -0.4 is 0 Å². The van der Waals surface area contributed by atoms with Crippen LogP contribution >= 0.6 is 0 Å². The molecule has 0 N–H and O–H groups in total. The van der Waals surface area contributed by atoms with Gasteiger partial charge in [-0.15, -0.1) is 0 Å². The van der Waals surface area contributed by atoms with Gasteiger partial charge in [-0.05, 0) is 77.0 Å². The number of esters is 3. The van der Waals surface area contributed by atoms with Crippen LogP contribution in [0.5, 0.6) is 0 Å². The Bertz CT molecular complexity index is 1340. The molecule has 6 heteroatoms. The molecule has 0 amide bonds. The molecule has 6 nitrogen and oxygen atoms in total. The van der Waals surface area contributed by atoms with E-state index < -0.39 is 6.10 Å². The molecule has 0 radical (unpaired) electrons. The predicted molar refractivity (Wildman–Crippen MR) is 274 cm³/mol. The molecule has 0 rings (SSSR count). The lowest BCUT2D eigenvalue weighted by atomic mass is 10.0. The molecule has 0 aromatic carbocycles. The van der Waals surface area contributed by atoms with Gasteiger partial charge in [0.05, 0.1) is 0 Å². The molecular weight excluding hydrogens is 793 g/mol. The summed E-state index contributed by atoms with van der Waals surface area (Å²) in [6, 6.07) is 0. The summed E-state index contributed by atoms with van der Waals surface area (Å²) in [5.41, 5.74) is 0. The average molecular weight is 887 g/mol. The second-order valence-electron chi connectivity index (χ2n) is 16.8. The van der Waals surface area contributed by atoms with Crippen molar-refractivity contribution in [3.05, 3.63) is 109 Å². The lowest BCUT2D eigenvalue weighted by molar-refractivity contribution is -0.167. The first-order chi connectivity index (χ1) is 31.5. The van der Waals surface area contributed by atoms with Crippen molar-refractivity contribution >= 4 is 17.9 Å². The van der Waals surface area contributed by atoms with Gasteiger partial charge in [-0.3, -0.25) is 14.4 Å². The number of allylic oxidation sites excluding steroid dienone is 18. The summed E-state index contributed by atoms with van der Waals surface area (Å²) in [5.74, 6) is -0.962. The number of carbonyl (C=O) groups is 3. The Morgan fingerprint density at radius 3 is 1.17 bits per heavy atom. The van der Waals surface area contributed by atoms with E-state index in [9.17, 15) is 14.4 Å². The molecule has 1 unspecified atom stereocenters. The van der Waals surface area contributed by atoms with Crippen molar-refractivity contribution < 1.29 is 28.6 Å². The summed E-state index contributed by atoms with van der Waals surface area (Å²) >= 11 is 0. The van der Waals surface area contributed by atoms with Crippen molar-refractivity contribution in [1.29, 1.82) is 0 Å². The van der Waals surface area contributed by atoms with Crippen LogP contribution in [-0.4, -0.2) is 37.2 Å². The third-order valence-electron chi connectivity index (χ3n) is 10.6. The maximum atomic E-state index is 12.8. The molecule has 1 atom stereocenters. The van der Waals surface area contributed by atoms with E-state index in [1.165, 1.54) is 64.2 Å². The normalized spacial score (nSPS) is 13.0. The quantitative estimate of drug-likeness (QED) is 0.0199. The fraction of sp³-hybridized carbons (Fsp3) is 0.638. The van der Waals surface area contributed by atoms with Crippen LogP contribution in [-0.2, 0) is 28.6 Å². The lowest BCUT2D eigenvalue weighted by Gasteiger charge is -2.18. The molecule has 362 valence electrons. The van der Waals surface area contributed by atoms with Crippen molar-refractivity contribution in [2.75, 3.05) is 13.2 Å². The molecule has 0 saturated carbocycles. The van der Waals surface area contributed by atoms with E-state index in [1.807, 2.05) is 24.3 Å². The maximum absolute atomic E-state index is 12.8. The Morgan fingerprint density at radius 2 is 0.703 bits per heavy atom. The first-order valence-electron chi connectivity index (χ1n) is 26.0. The van der Waals surface area contributed by atoms with Gasteiger partial charge >= 0.3 is 17.9 Å². The van der Waals surface area contributed by atoms with Crippen molar-refractivity contribution in [1.82, 2.24) is 0 Å². The van der Waals surface area contributed by atoms with Gasteiger partial charge < -0.3 is 14.2 Å². The molecule has 0 bridgehead atoms.